The molecule has 1 N–H and O–H groups in total. The van der Waals surface area contributed by atoms with Crippen LogP contribution in [-0.2, 0) is 16.8 Å². The van der Waals surface area contributed by atoms with Crippen molar-refractivity contribution < 1.29 is 4.79 Å². The summed E-state index contributed by atoms with van der Waals surface area (Å²) in [4.78, 5) is 12.7. The highest BCUT2D eigenvalue weighted by Crippen LogP contribution is 2.39. The summed E-state index contributed by atoms with van der Waals surface area (Å²) in [7, 11) is 0. The molecule has 1 aliphatic rings. The maximum absolute atomic E-state index is 12.7. The zero-order chi connectivity index (χ0) is 24.3. The van der Waals surface area contributed by atoms with Crippen LogP contribution in [-0.4, -0.2) is 32.0 Å². The molecule has 0 spiro atoms. The molecule has 1 heterocycles. The Kier molecular flexibility index (Phi) is 6.81. The van der Waals surface area contributed by atoms with Gasteiger partial charge in [0.25, 0.3) is 0 Å². The zero-order valence-corrected chi connectivity index (χ0v) is 21.0. The number of nitrogens with zero attached hydrogens (tertiary/aromatic N) is 4. The second kappa shape index (κ2) is 9.63. The number of thioether (sulfide) groups is 1. The monoisotopic (exact) mass is 473 g/mol. The predicted octanol–water partition coefficient (Wildman–Crippen LogP) is 5.19. The number of carbonyl (C=O) groups is 1. The third-order valence-electron chi connectivity index (χ3n) is 6.27. The van der Waals surface area contributed by atoms with Crippen molar-refractivity contribution in [3.05, 3.63) is 65.7 Å². The van der Waals surface area contributed by atoms with Gasteiger partial charge in [-0.2, -0.15) is 5.26 Å². The molecule has 1 unspecified atom stereocenters. The van der Waals surface area contributed by atoms with Gasteiger partial charge in [-0.05, 0) is 42.2 Å². The minimum atomic E-state index is -0.796. The highest BCUT2D eigenvalue weighted by molar-refractivity contribution is 7.99. The number of rotatable bonds is 8. The van der Waals surface area contributed by atoms with Crippen LogP contribution in [0.5, 0.6) is 0 Å². The van der Waals surface area contributed by atoms with Gasteiger partial charge in [0.2, 0.25) is 5.91 Å². The summed E-state index contributed by atoms with van der Waals surface area (Å²) < 4.78 is 2.06. The van der Waals surface area contributed by atoms with E-state index in [4.69, 9.17) is 0 Å². The van der Waals surface area contributed by atoms with Crippen LogP contribution in [0.4, 0.5) is 0 Å². The van der Waals surface area contributed by atoms with Gasteiger partial charge in [-0.15, -0.1) is 10.2 Å². The fourth-order valence-corrected chi connectivity index (χ4v) is 4.71. The Bertz CT molecular complexity index is 1190. The highest BCUT2D eigenvalue weighted by atomic mass is 32.2. The van der Waals surface area contributed by atoms with E-state index in [0.717, 1.165) is 29.8 Å². The first kappa shape index (κ1) is 24.0. The second-order valence-corrected chi connectivity index (χ2v) is 11.1. The van der Waals surface area contributed by atoms with Crippen molar-refractivity contribution in [1.29, 1.82) is 5.26 Å². The standard InChI is InChI=1S/C27H31N5OS/c1-26(2,3)21-12-10-20(11-13-21)24-30-31-25(32(24)16-19-8-6-5-7-9-19)34-17-23(33)29-27(4,18-28)22-14-15-22/h5-13,22H,14-17H2,1-4H3,(H,29,33). The minimum absolute atomic E-state index is 0.0724. The molecule has 176 valence electrons. The summed E-state index contributed by atoms with van der Waals surface area (Å²) in [5.74, 6) is 1.04. The third-order valence-corrected chi connectivity index (χ3v) is 7.23. The maximum atomic E-state index is 12.7. The van der Waals surface area contributed by atoms with E-state index in [1.807, 2.05) is 25.1 Å². The molecule has 0 aliphatic heterocycles. The fourth-order valence-electron chi connectivity index (χ4n) is 3.97. The molecule has 0 bridgehead atoms. The Morgan fingerprint density at radius 2 is 1.76 bits per heavy atom. The summed E-state index contributed by atoms with van der Waals surface area (Å²) in [6, 6.07) is 20.9. The molecular formula is C27H31N5OS. The molecule has 0 radical (unpaired) electrons. The van der Waals surface area contributed by atoms with Crippen LogP contribution < -0.4 is 5.32 Å². The Morgan fingerprint density at radius 3 is 2.35 bits per heavy atom. The molecule has 1 amide bonds. The SMILES string of the molecule is CC(C)(C)c1ccc(-c2nnc(SCC(=O)NC(C)(C#N)C3CC3)n2Cc2ccccc2)cc1. The smallest absolute Gasteiger partial charge is 0.231 e. The van der Waals surface area contributed by atoms with Crippen molar-refractivity contribution >= 4 is 17.7 Å². The summed E-state index contributed by atoms with van der Waals surface area (Å²) in [5, 5.41) is 22.1. The topological polar surface area (TPSA) is 83.6 Å². The van der Waals surface area contributed by atoms with E-state index in [-0.39, 0.29) is 23.0 Å². The number of aromatic nitrogens is 3. The van der Waals surface area contributed by atoms with Crippen LogP contribution in [0.1, 0.15) is 51.7 Å². The lowest BCUT2D eigenvalue weighted by Crippen LogP contribution is -2.47. The molecule has 4 rings (SSSR count). The van der Waals surface area contributed by atoms with Crippen molar-refractivity contribution in [1.82, 2.24) is 20.1 Å². The Balaban J connectivity index is 1.56. The first-order valence-electron chi connectivity index (χ1n) is 11.6. The van der Waals surface area contributed by atoms with Crippen molar-refractivity contribution in [2.45, 2.75) is 63.2 Å². The molecule has 34 heavy (non-hydrogen) atoms. The van der Waals surface area contributed by atoms with Crippen LogP contribution >= 0.6 is 11.8 Å². The molecular weight excluding hydrogens is 442 g/mol. The summed E-state index contributed by atoms with van der Waals surface area (Å²) >= 11 is 1.35. The minimum Gasteiger partial charge on any atom is -0.337 e. The summed E-state index contributed by atoms with van der Waals surface area (Å²) in [6.45, 7) is 9.00. The third kappa shape index (κ3) is 5.51. The molecule has 6 nitrogen and oxygen atoms in total. The van der Waals surface area contributed by atoms with Crippen LogP contribution in [0.2, 0.25) is 0 Å². The van der Waals surface area contributed by atoms with Crippen LogP contribution in [0, 0.1) is 17.2 Å². The predicted molar refractivity (Wildman–Crippen MR) is 135 cm³/mol. The van der Waals surface area contributed by atoms with Crippen LogP contribution in [0.15, 0.2) is 59.8 Å². The molecule has 1 aromatic heterocycles. The lowest BCUT2D eigenvalue weighted by molar-refractivity contribution is -0.119. The van der Waals surface area contributed by atoms with Crippen LogP contribution in [0.25, 0.3) is 11.4 Å². The van der Waals surface area contributed by atoms with Gasteiger partial charge in [0.1, 0.15) is 5.54 Å². The Hall–Kier alpha value is -3.11. The van der Waals surface area contributed by atoms with E-state index in [9.17, 15) is 10.1 Å². The van der Waals surface area contributed by atoms with Crippen molar-refractivity contribution in [2.75, 3.05) is 5.75 Å². The van der Waals surface area contributed by atoms with Crippen molar-refractivity contribution in [3.8, 4) is 17.5 Å². The largest absolute Gasteiger partial charge is 0.337 e. The van der Waals surface area contributed by atoms with Gasteiger partial charge in [-0.1, -0.05) is 87.1 Å². The molecule has 1 fully saturated rings. The molecule has 2 aromatic carbocycles. The van der Waals surface area contributed by atoms with Gasteiger partial charge in [-0.25, -0.2) is 0 Å². The average Bonchev–Trinajstić information content (AvgIpc) is 3.61. The van der Waals surface area contributed by atoms with E-state index >= 15 is 0 Å². The number of carbonyl (C=O) groups excluding carboxylic acids is 1. The fraction of sp³-hybridized carbons (Fsp3) is 0.407. The van der Waals surface area contributed by atoms with Crippen molar-refractivity contribution in [2.24, 2.45) is 5.92 Å². The quantitative estimate of drug-likeness (QED) is 0.455. The number of nitrogens with one attached hydrogen (secondary N) is 1. The maximum Gasteiger partial charge on any atom is 0.231 e. The first-order valence-corrected chi connectivity index (χ1v) is 12.6. The molecule has 0 saturated heterocycles. The number of hydrogen-bond acceptors (Lipinski definition) is 5. The highest BCUT2D eigenvalue weighted by Gasteiger charge is 2.43. The van der Waals surface area contributed by atoms with Crippen LogP contribution in [0.3, 0.4) is 0 Å². The van der Waals surface area contributed by atoms with E-state index < -0.39 is 5.54 Å². The normalized spacial score (nSPS) is 15.4. The van der Waals surface area contributed by atoms with Gasteiger partial charge in [0.15, 0.2) is 11.0 Å². The number of hydrogen-bond donors (Lipinski definition) is 1. The first-order chi connectivity index (χ1) is 16.2. The summed E-state index contributed by atoms with van der Waals surface area (Å²) in [6.07, 6.45) is 1.97. The number of nitriles is 1. The second-order valence-electron chi connectivity index (χ2n) is 10.1. The molecule has 1 aliphatic carbocycles. The average molecular weight is 474 g/mol. The van der Waals surface area contributed by atoms with Crippen molar-refractivity contribution in [3.63, 3.8) is 0 Å². The van der Waals surface area contributed by atoms with E-state index in [2.05, 4.69) is 83.3 Å². The van der Waals surface area contributed by atoms with Gasteiger partial charge in [0.05, 0.1) is 18.4 Å². The summed E-state index contributed by atoms with van der Waals surface area (Å²) in [5.41, 5.74) is 2.65. The van der Waals surface area contributed by atoms with Gasteiger partial charge in [0, 0.05) is 5.56 Å². The van der Waals surface area contributed by atoms with Gasteiger partial charge >= 0.3 is 0 Å². The van der Waals surface area contributed by atoms with Gasteiger partial charge in [-0.3, -0.25) is 9.36 Å². The van der Waals surface area contributed by atoms with E-state index in [0.29, 0.717) is 11.7 Å². The zero-order valence-electron chi connectivity index (χ0n) is 20.2. The number of benzene rings is 2. The van der Waals surface area contributed by atoms with Gasteiger partial charge < -0.3 is 5.32 Å². The molecule has 3 aromatic rings. The molecule has 7 heteroatoms. The number of amides is 1. The lowest BCUT2D eigenvalue weighted by Gasteiger charge is -2.22. The van der Waals surface area contributed by atoms with E-state index in [1.54, 1.807) is 0 Å². The lowest BCUT2D eigenvalue weighted by atomic mass is 9.87. The molecule has 1 atom stereocenters. The van der Waals surface area contributed by atoms with E-state index in [1.165, 1.54) is 17.3 Å². The Morgan fingerprint density at radius 1 is 1.09 bits per heavy atom. The molecule has 1 saturated carbocycles. The Labute approximate surface area is 205 Å².